The summed E-state index contributed by atoms with van der Waals surface area (Å²) in [5.41, 5.74) is 0.401. The lowest BCUT2D eigenvalue weighted by atomic mass is 9.82. The molecule has 1 fully saturated rings. The van der Waals surface area contributed by atoms with Crippen LogP contribution in [0.2, 0.25) is 0 Å². The molecule has 1 rings (SSSR count). The Hall–Kier alpha value is -0.0800. The third-order valence-corrected chi connectivity index (χ3v) is 3.43. The maximum atomic E-state index is 5.34. The number of ether oxygens (including phenoxy) is 1. The van der Waals surface area contributed by atoms with E-state index in [0.717, 1.165) is 19.0 Å². The molecule has 0 radical (unpaired) electrons. The molecule has 84 valence electrons. The van der Waals surface area contributed by atoms with Crippen LogP contribution in [0.25, 0.3) is 0 Å². The first-order chi connectivity index (χ1) is 6.59. The number of nitrogens with one attached hydrogen (secondary N) is 1. The van der Waals surface area contributed by atoms with Crippen LogP contribution < -0.4 is 5.32 Å². The maximum Gasteiger partial charge on any atom is 0.0548 e. The van der Waals surface area contributed by atoms with E-state index in [1.54, 1.807) is 7.11 Å². The summed E-state index contributed by atoms with van der Waals surface area (Å²) >= 11 is 0. The largest absolute Gasteiger partial charge is 0.382 e. The fourth-order valence-electron chi connectivity index (χ4n) is 1.80. The first-order valence-corrected chi connectivity index (χ1v) is 5.86. The van der Waals surface area contributed by atoms with Crippen LogP contribution in [0, 0.1) is 5.41 Å². The van der Waals surface area contributed by atoms with Crippen molar-refractivity contribution in [3.8, 4) is 0 Å². The van der Waals surface area contributed by atoms with Crippen molar-refractivity contribution < 1.29 is 4.74 Å². The highest BCUT2D eigenvalue weighted by Crippen LogP contribution is 2.29. The van der Waals surface area contributed by atoms with Crippen molar-refractivity contribution in [1.82, 2.24) is 5.32 Å². The van der Waals surface area contributed by atoms with Crippen LogP contribution in [-0.2, 0) is 4.74 Å². The smallest absolute Gasteiger partial charge is 0.0548 e. The van der Waals surface area contributed by atoms with Crippen LogP contribution in [-0.4, -0.2) is 25.8 Å². The summed E-state index contributed by atoms with van der Waals surface area (Å²) in [5, 5.41) is 3.62. The first kappa shape index (κ1) is 12.0. The van der Waals surface area contributed by atoms with E-state index in [-0.39, 0.29) is 0 Å². The maximum absolute atomic E-state index is 5.34. The molecule has 0 aromatic heterocycles. The van der Waals surface area contributed by atoms with Gasteiger partial charge in [-0.1, -0.05) is 13.8 Å². The topological polar surface area (TPSA) is 21.3 Å². The Morgan fingerprint density at radius 3 is 2.57 bits per heavy atom. The normalized spacial score (nSPS) is 23.1. The van der Waals surface area contributed by atoms with Crippen LogP contribution >= 0.6 is 0 Å². The molecule has 0 amide bonds. The predicted octanol–water partition coefficient (Wildman–Crippen LogP) is 2.58. The molecule has 2 atom stereocenters. The van der Waals surface area contributed by atoms with Crippen molar-refractivity contribution in [3.05, 3.63) is 0 Å². The Labute approximate surface area is 88.4 Å². The second-order valence-electron chi connectivity index (χ2n) is 5.07. The lowest BCUT2D eigenvalue weighted by Crippen LogP contribution is -2.35. The predicted molar refractivity (Wildman–Crippen MR) is 60.5 cm³/mol. The molecule has 2 heteroatoms. The molecule has 2 nitrogen and oxygen atoms in total. The highest BCUT2D eigenvalue weighted by molar-refractivity contribution is 4.85. The van der Waals surface area contributed by atoms with Gasteiger partial charge in [-0.05, 0) is 38.0 Å². The minimum atomic E-state index is 0.376. The van der Waals surface area contributed by atoms with E-state index in [4.69, 9.17) is 4.74 Å². The average molecular weight is 199 g/mol. The van der Waals surface area contributed by atoms with Crippen molar-refractivity contribution in [3.63, 3.8) is 0 Å². The molecular formula is C12H25NO. The quantitative estimate of drug-likeness (QED) is 0.680. The third-order valence-electron chi connectivity index (χ3n) is 3.43. The fourth-order valence-corrected chi connectivity index (χ4v) is 1.80. The van der Waals surface area contributed by atoms with Crippen LogP contribution in [0.5, 0.6) is 0 Å². The van der Waals surface area contributed by atoms with Gasteiger partial charge in [0.05, 0.1) is 6.10 Å². The summed E-state index contributed by atoms with van der Waals surface area (Å²) in [6, 6.07) is 0.818. The zero-order valence-corrected chi connectivity index (χ0v) is 10.1. The fraction of sp³-hybridized carbons (Fsp3) is 1.00. The molecule has 1 aliphatic carbocycles. The van der Waals surface area contributed by atoms with Gasteiger partial charge in [-0.2, -0.15) is 0 Å². The average Bonchev–Trinajstić information content (AvgIpc) is 2.98. The monoisotopic (exact) mass is 199 g/mol. The van der Waals surface area contributed by atoms with Crippen molar-refractivity contribution in [1.29, 1.82) is 0 Å². The standard InChI is InChI=1S/C12H25NO/c1-5-12(3,8-10(2)14-4)9-13-11-6-7-11/h10-11,13H,5-9H2,1-4H3. The van der Waals surface area contributed by atoms with Crippen LogP contribution in [0.15, 0.2) is 0 Å². The van der Waals surface area contributed by atoms with Gasteiger partial charge in [0.1, 0.15) is 0 Å². The Morgan fingerprint density at radius 1 is 1.50 bits per heavy atom. The summed E-state index contributed by atoms with van der Waals surface area (Å²) in [6.07, 6.45) is 5.50. The molecule has 0 aromatic carbocycles. The summed E-state index contributed by atoms with van der Waals surface area (Å²) in [4.78, 5) is 0. The van der Waals surface area contributed by atoms with E-state index in [0.29, 0.717) is 11.5 Å². The number of hydrogen-bond donors (Lipinski definition) is 1. The molecule has 0 aliphatic heterocycles. The second-order valence-corrected chi connectivity index (χ2v) is 5.07. The van der Waals surface area contributed by atoms with E-state index in [9.17, 15) is 0 Å². The lowest BCUT2D eigenvalue weighted by Gasteiger charge is -2.31. The first-order valence-electron chi connectivity index (χ1n) is 5.86. The van der Waals surface area contributed by atoms with Gasteiger partial charge >= 0.3 is 0 Å². The molecule has 1 aliphatic rings. The molecule has 0 saturated heterocycles. The van der Waals surface area contributed by atoms with E-state index in [1.807, 2.05) is 0 Å². The SMILES string of the molecule is CCC(C)(CNC1CC1)CC(C)OC. The highest BCUT2D eigenvalue weighted by Gasteiger charge is 2.28. The molecule has 2 unspecified atom stereocenters. The van der Waals surface area contributed by atoms with Crippen LogP contribution in [0.1, 0.15) is 46.5 Å². The Balaban J connectivity index is 2.29. The summed E-state index contributed by atoms with van der Waals surface area (Å²) in [7, 11) is 1.80. The molecule has 14 heavy (non-hydrogen) atoms. The second kappa shape index (κ2) is 5.13. The molecule has 1 N–H and O–H groups in total. The van der Waals surface area contributed by atoms with E-state index < -0.39 is 0 Å². The Morgan fingerprint density at radius 2 is 2.14 bits per heavy atom. The Bertz CT molecular complexity index is 168. The van der Waals surface area contributed by atoms with Gasteiger partial charge in [0.2, 0.25) is 0 Å². The van der Waals surface area contributed by atoms with Gasteiger partial charge < -0.3 is 10.1 Å². The van der Waals surface area contributed by atoms with Gasteiger partial charge in [0.15, 0.2) is 0 Å². The van der Waals surface area contributed by atoms with E-state index in [2.05, 4.69) is 26.1 Å². The molecular weight excluding hydrogens is 174 g/mol. The molecule has 0 heterocycles. The lowest BCUT2D eigenvalue weighted by molar-refractivity contribution is 0.0676. The number of rotatable bonds is 7. The summed E-state index contributed by atoms with van der Waals surface area (Å²) in [6.45, 7) is 7.93. The molecule has 0 aromatic rings. The number of hydrogen-bond acceptors (Lipinski definition) is 2. The van der Waals surface area contributed by atoms with Crippen molar-refractivity contribution >= 4 is 0 Å². The van der Waals surface area contributed by atoms with Gasteiger partial charge in [0.25, 0.3) is 0 Å². The third kappa shape index (κ3) is 3.97. The van der Waals surface area contributed by atoms with Gasteiger partial charge in [-0.25, -0.2) is 0 Å². The molecule has 1 saturated carbocycles. The van der Waals surface area contributed by atoms with Crippen LogP contribution in [0.4, 0.5) is 0 Å². The van der Waals surface area contributed by atoms with E-state index >= 15 is 0 Å². The van der Waals surface area contributed by atoms with E-state index in [1.165, 1.54) is 19.3 Å². The summed E-state index contributed by atoms with van der Waals surface area (Å²) in [5.74, 6) is 0. The zero-order valence-electron chi connectivity index (χ0n) is 10.1. The number of methoxy groups -OCH3 is 1. The minimum Gasteiger partial charge on any atom is -0.382 e. The van der Waals surface area contributed by atoms with Crippen molar-refractivity contribution in [2.75, 3.05) is 13.7 Å². The van der Waals surface area contributed by atoms with Gasteiger partial charge in [-0.15, -0.1) is 0 Å². The molecule has 0 spiro atoms. The zero-order chi connectivity index (χ0) is 10.6. The van der Waals surface area contributed by atoms with Crippen molar-refractivity contribution in [2.24, 2.45) is 5.41 Å². The van der Waals surface area contributed by atoms with Gasteiger partial charge in [-0.3, -0.25) is 0 Å². The van der Waals surface area contributed by atoms with Crippen molar-refractivity contribution in [2.45, 2.75) is 58.6 Å². The Kier molecular flexibility index (Phi) is 4.39. The summed E-state index contributed by atoms with van der Waals surface area (Å²) < 4.78 is 5.34. The highest BCUT2D eigenvalue weighted by atomic mass is 16.5. The van der Waals surface area contributed by atoms with Gasteiger partial charge in [0, 0.05) is 19.7 Å². The minimum absolute atomic E-state index is 0.376. The van der Waals surface area contributed by atoms with Crippen LogP contribution in [0.3, 0.4) is 0 Å². The molecule has 0 bridgehead atoms.